The van der Waals surface area contributed by atoms with Gasteiger partial charge in [0.2, 0.25) is 0 Å². The number of carbonyl (C=O) groups excluding carboxylic acids is 1. The summed E-state index contributed by atoms with van der Waals surface area (Å²) < 4.78 is 5.45. The van der Waals surface area contributed by atoms with Crippen LogP contribution >= 0.6 is 11.8 Å². The number of hydrogen-bond acceptors (Lipinski definition) is 7. The Labute approximate surface area is 167 Å². The maximum atomic E-state index is 12.1. The fraction of sp³-hybridized carbons (Fsp3) is 0.150. The highest BCUT2D eigenvalue weighted by Gasteiger charge is 2.09. The molecule has 28 heavy (non-hydrogen) atoms. The molecule has 7 nitrogen and oxygen atoms in total. The van der Waals surface area contributed by atoms with Gasteiger partial charge in [0.25, 0.3) is 5.91 Å². The number of hydrazone groups is 1. The molecule has 1 amide bonds. The van der Waals surface area contributed by atoms with E-state index in [9.17, 15) is 4.79 Å². The van der Waals surface area contributed by atoms with E-state index in [-0.39, 0.29) is 5.91 Å². The van der Waals surface area contributed by atoms with Crippen molar-refractivity contribution in [2.75, 3.05) is 7.11 Å². The lowest BCUT2D eigenvalue weighted by atomic mass is 10.1. The summed E-state index contributed by atoms with van der Waals surface area (Å²) in [4.78, 5) is 24.5. The number of amides is 1. The molecule has 0 fully saturated rings. The van der Waals surface area contributed by atoms with Gasteiger partial charge in [0, 0.05) is 41.7 Å². The minimum Gasteiger partial charge on any atom is -0.496 e. The third-order valence-electron chi connectivity index (χ3n) is 3.86. The minimum absolute atomic E-state index is 0.285. The second-order valence-electron chi connectivity index (χ2n) is 5.72. The smallest absolute Gasteiger partial charge is 0.271 e. The van der Waals surface area contributed by atoms with Crippen LogP contribution in [0.2, 0.25) is 0 Å². The highest BCUT2D eigenvalue weighted by atomic mass is 32.2. The first-order chi connectivity index (χ1) is 13.7. The number of rotatable bonds is 7. The Morgan fingerprint density at radius 1 is 1.11 bits per heavy atom. The number of nitrogens with one attached hydrogen (secondary N) is 1. The van der Waals surface area contributed by atoms with Crippen LogP contribution in [0.1, 0.15) is 28.4 Å². The Morgan fingerprint density at radius 2 is 1.86 bits per heavy atom. The van der Waals surface area contributed by atoms with E-state index in [1.165, 1.54) is 11.8 Å². The molecule has 0 atom stereocenters. The third-order valence-corrected chi connectivity index (χ3v) is 4.79. The molecule has 2 heterocycles. The summed E-state index contributed by atoms with van der Waals surface area (Å²) in [6.07, 6.45) is 6.56. The Kier molecular flexibility index (Phi) is 6.69. The fourth-order valence-electron chi connectivity index (χ4n) is 2.39. The van der Waals surface area contributed by atoms with Gasteiger partial charge < -0.3 is 4.74 Å². The Hall–Kier alpha value is -3.26. The molecule has 1 aromatic carbocycles. The molecular weight excluding hydrogens is 374 g/mol. The third kappa shape index (κ3) is 5.14. The van der Waals surface area contributed by atoms with Crippen LogP contribution in [0.4, 0.5) is 0 Å². The molecular formula is C20H19N5O2S. The molecule has 0 aliphatic rings. The van der Waals surface area contributed by atoms with Crippen molar-refractivity contribution in [3.05, 3.63) is 77.9 Å². The van der Waals surface area contributed by atoms with Crippen molar-refractivity contribution in [1.29, 1.82) is 0 Å². The average molecular weight is 393 g/mol. The maximum absolute atomic E-state index is 12.1. The van der Waals surface area contributed by atoms with Gasteiger partial charge in [-0.25, -0.2) is 15.4 Å². The number of pyridine rings is 1. The van der Waals surface area contributed by atoms with E-state index in [0.29, 0.717) is 22.2 Å². The summed E-state index contributed by atoms with van der Waals surface area (Å²) in [6.45, 7) is 1.84. The van der Waals surface area contributed by atoms with E-state index in [1.54, 1.807) is 50.1 Å². The SMILES string of the molecule is COc1ccc(/C(C)=N\NC(=O)c2ccncc2)cc1CSc1ncccn1. The van der Waals surface area contributed by atoms with Gasteiger partial charge in [0.05, 0.1) is 12.8 Å². The molecule has 0 saturated heterocycles. The predicted octanol–water partition coefficient (Wildman–Crippen LogP) is 3.33. The van der Waals surface area contributed by atoms with Gasteiger partial charge in [-0.15, -0.1) is 0 Å². The van der Waals surface area contributed by atoms with E-state index < -0.39 is 0 Å². The minimum atomic E-state index is -0.285. The van der Waals surface area contributed by atoms with Crippen molar-refractivity contribution >= 4 is 23.4 Å². The van der Waals surface area contributed by atoms with Crippen LogP contribution in [0.15, 0.2) is 71.4 Å². The second kappa shape index (κ2) is 9.61. The number of aromatic nitrogens is 3. The van der Waals surface area contributed by atoms with Crippen molar-refractivity contribution in [3.63, 3.8) is 0 Å². The van der Waals surface area contributed by atoms with Crippen molar-refractivity contribution in [1.82, 2.24) is 20.4 Å². The standard InChI is InChI=1S/C20H19N5O2S/c1-14(24-25-19(26)15-6-10-21-11-7-15)16-4-5-18(27-2)17(12-16)13-28-20-22-8-3-9-23-20/h3-12H,13H2,1-2H3,(H,25,26)/b24-14-. The topological polar surface area (TPSA) is 89.4 Å². The van der Waals surface area contributed by atoms with E-state index in [1.807, 2.05) is 25.1 Å². The van der Waals surface area contributed by atoms with Gasteiger partial charge in [-0.3, -0.25) is 9.78 Å². The van der Waals surface area contributed by atoms with Gasteiger partial charge in [0.15, 0.2) is 5.16 Å². The van der Waals surface area contributed by atoms with Crippen molar-refractivity contribution < 1.29 is 9.53 Å². The maximum Gasteiger partial charge on any atom is 0.271 e. The molecule has 0 spiro atoms. The number of nitrogens with zero attached hydrogens (tertiary/aromatic N) is 4. The zero-order valence-corrected chi connectivity index (χ0v) is 16.3. The lowest BCUT2D eigenvalue weighted by Crippen LogP contribution is -2.19. The molecule has 0 saturated carbocycles. The van der Waals surface area contributed by atoms with Crippen LogP contribution in [0, 0.1) is 0 Å². The number of benzene rings is 1. The predicted molar refractivity (Wildman–Crippen MR) is 109 cm³/mol. The van der Waals surface area contributed by atoms with E-state index >= 15 is 0 Å². The van der Waals surface area contributed by atoms with Crippen molar-refractivity contribution in [3.8, 4) is 5.75 Å². The zero-order chi connectivity index (χ0) is 19.8. The largest absolute Gasteiger partial charge is 0.496 e. The van der Waals surface area contributed by atoms with Crippen molar-refractivity contribution in [2.24, 2.45) is 5.10 Å². The molecule has 2 aromatic heterocycles. The van der Waals surface area contributed by atoms with Gasteiger partial charge in [-0.2, -0.15) is 5.10 Å². The monoisotopic (exact) mass is 393 g/mol. The Bertz CT molecular complexity index is 965. The lowest BCUT2D eigenvalue weighted by molar-refractivity contribution is 0.0954. The van der Waals surface area contributed by atoms with Crippen LogP contribution in [0.5, 0.6) is 5.75 Å². The number of ether oxygens (including phenoxy) is 1. The Morgan fingerprint density at radius 3 is 2.57 bits per heavy atom. The van der Waals surface area contributed by atoms with E-state index in [4.69, 9.17) is 4.74 Å². The fourth-order valence-corrected chi connectivity index (χ4v) is 3.17. The van der Waals surface area contributed by atoms with Crippen LogP contribution in [-0.2, 0) is 5.75 Å². The van der Waals surface area contributed by atoms with Gasteiger partial charge >= 0.3 is 0 Å². The summed E-state index contributed by atoms with van der Waals surface area (Å²) in [6, 6.07) is 10.8. The molecule has 3 aromatic rings. The molecule has 0 bridgehead atoms. The highest BCUT2D eigenvalue weighted by molar-refractivity contribution is 7.98. The molecule has 0 aliphatic heterocycles. The normalized spacial score (nSPS) is 11.1. The molecule has 8 heteroatoms. The van der Waals surface area contributed by atoms with Crippen LogP contribution < -0.4 is 10.2 Å². The van der Waals surface area contributed by atoms with E-state index in [2.05, 4.69) is 25.5 Å². The number of methoxy groups -OCH3 is 1. The van der Waals surface area contributed by atoms with E-state index in [0.717, 1.165) is 16.9 Å². The number of hydrogen-bond donors (Lipinski definition) is 1. The summed E-state index contributed by atoms with van der Waals surface area (Å²) in [5.74, 6) is 1.14. The first kappa shape index (κ1) is 19.5. The quantitative estimate of drug-likeness (QED) is 0.287. The van der Waals surface area contributed by atoms with Gasteiger partial charge in [-0.05, 0) is 48.9 Å². The average Bonchev–Trinajstić information content (AvgIpc) is 2.76. The van der Waals surface area contributed by atoms with Crippen LogP contribution in [0.3, 0.4) is 0 Å². The number of carbonyl (C=O) groups is 1. The first-order valence-corrected chi connectivity index (χ1v) is 9.47. The Balaban J connectivity index is 1.73. The molecule has 0 radical (unpaired) electrons. The number of thioether (sulfide) groups is 1. The molecule has 3 rings (SSSR count). The van der Waals surface area contributed by atoms with Crippen LogP contribution in [0.25, 0.3) is 0 Å². The summed E-state index contributed by atoms with van der Waals surface area (Å²) in [5.41, 5.74) is 5.64. The molecule has 1 N–H and O–H groups in total. The van der Waals surface area contributed by atoms with Gasteiger partial charge in [0.1, 0.15) is 5.75 Å². The first-order valence-electron chi connectivity index (χ1n) is 8.49. The highest BCUT2D eigenvalue weighted by Crippen LogP contribution is 2.27. The van der Waals surface area contributed by atoms with Crippen molar-refractivity contribution in [2.45, 2.75) is 17.8 Å². The summed E-state index contributed by atoms with van der Waals surface area (Å²) >= 11 is 1.52. The summed E-state index contributed by atoms with van der Waals surface area (Å²) in [7, 11) is 1.64. The van der Waals surface area contributed by atoms with Crippen LogP contribution in [-0.4, -0.2) is 33.7 Å². The molecule has 142 valence electrons. The molecule has 0 unspecified atom stereocenters. The lowest BCUT2D eigenvalue weighted by Gasteiger charge is -2.10. The zero-order valence-electron chi connectivity index (χ0n) is 15.5. The molecule has 0 aliphatic carbocycles. The second-order valence-corrected chi connectivity index (χ2v) is 6.66. The summed E-state index contributed by atoms with van der Waals surface area (Å²) in [5, 5.41) is 4.91. The van der Waals surface area contributed by atoms with Gasteiger partial charge in [-0.1, -0.05) is 11.8 Å².